The fraction of sp³-hybridized carbons (Fsp3) is 0.179. The van der Waals surface area contributed by atoms with Gasteiger partial charge in [0.05, 0.1) is 20.9 Å². The van der Waals surface area contributed by atoms with Gasteiger partial charge in [0.25, 0.3) is 11.8 Å². The first-order chi connectivity index (χ1) is 17.7. The van der Waals surface area contributed by atoms with Gasteiger partial charge in [-0.1, -0.05) is 35.9 Å². The van der Waals surface area contributed by atoms with Crippen LogP contribution >= 0.6 is 34.2 Å². The molecule has 0 fully saturated rings. The van der Waals surface area contributed by atoms with Crippen LogP contribution in [-0.4, -0.2) is 25.0 Å². The molecule has 0 saturated heterocycles. The zero-order valence-electron chi connectivity index (χ0n) is 20.5. The van der Waals surface area contributed by atoms with Crippen molar-refractivity contribution in [2.45, 2.75) is 20.8 Å². The Morgan fingerprint density at radius 2 is 1.78 bits per heavy atom. The van der Waals surface area contributed by atoms with Crippen molar-refractivity contribution in [3.8, 4) is 17.6 Å². The van der Waals surface area contributed by atoms with Gasteiger partial charge in [-0.2, -0.15) is 5.26 Å². The molecule has 3 aromatic rings. The summed E-state index contributed by atoms with van der Waals surface area (Å²) in [7, 11) is 0. The summed E-state index contributed by atoms with van der Waals surface area (Å²) in [5.41, 5.74) is 3.65. The molecule has 0 aliphatic heterocycles. The van der Waals surface area contributed by atoms with Crippen LogP contribution in [0.4, 0.5) is 11.4 Å². The number of carbonyl (C=O) groups is 2. The van der Waals surface area contributed by atoms with Crippen LogP contribution in [-0.2, 0) is 9.59 Å². The molecule has 37 heavy (non-hydrogen) atoms. The lowest BCUT2D eigenvalue weighted by Crippen LogP contribution is -2.21. The topological polar surface area (TPSA) is 100 Å². The van der Waals surface area contributed by atoms with Crippen LogP contribution in [0, 0.1) is 28.7 Å². The molecular formula is C28H25ClIN3O4. The predicted octanol–water partition coefficient (Wildman–Crippen LogP) is 6.52. The van der Waals surface area contributed by atoms with E-state index in [1.807, 2.05) is 45.0 Å². The van der Waals surface area contributed by atoms with E-state index in [0.29, 0.717) is 37.9 Å². The number of hydrogen-bond acceptors (Lipinski definition) is 5. The van der Waals surface area contributed by atoms with Crippen LogP contribution in [0.1, 0.15) is 23.6 Å². The molecule has 0 unspecified atom stereocenters. The number of anilines is 2. The number of amides is 2. The van der Waals surface area contributed by atoms with Gasteiger partial charge in [0.1, 0.15) is 11.6 Å². The fourth-order valence-corrected chi connectivity index (χ4v) is 4.32. The second-order valence-corrected chi connectivity index (χ2v) is 9.52. The summed E-state index contributed by atoms with van der Waals surface area (Å²) in [6.45, 7) is 5.88. The Labute approximate surface area is 234 Å². The summed E-state index contributed by atoms with van der Waals surface area (Å²) in [5, 5.41) is 15.5. The highest BCUT2D eigenvalue weighted by Gasteiger charge is 2.16. The zero-order valence-corrected chi connectivity index (χ0v) is 23.4. The Morgan fingerprint density at radius 1 is 1.05 bits per heavy atom. The zero-order chi connectivity index (χ0) is 26.9. The van der Waals surface area contributed by atoms with Gasteiger partial charge in [0.15, 0.2) is 18.1 Å². The standard InChI is InChI=1S/C28H25ClIN3O4/c1-4-36-25-14-19(12-20(15-31)28(35)33-24-10-6-5-9-21(24)29)13-22(30)27(25)37-16-26(34)32-23-11-7-8-17(2)18(23)3/h5-14H,4,16H2,1-3H3,(H,32,34)(H,33,35)/b20-12+. The average Bonchev–Trinajstić information content (AvgIpc) is 2.86. The maximum absolute atomic E-state index is 12.7. The van der Waals surface area contributed by atoms with Gasteiger partial charge in [-0.05, 0) is 96.5 Å². The van der Waals surface area contributed by atoms with Gasteiger partial charge in [-0.15, -0.1) is 0 Å². The first-order valence-corrected chi connectivity index (χ1v) is 12.8. The lowest BCUT2D eigenvalue weighted by molar-refractivity contribution is -0.118. The molecule has 0 saturated carbocycles. The molecule has 0 atom stereocenters. The number of halogens is 2. The molecule has 7 nitrogen and oxygen atoms in total. The van der Waals surface area contributed by atoms with Gasteiger partial charge in [-0.25, -0.2) is 0 Å². The number of nitrogens with one attached hydrogen (secondary N) is 2. The highest BCUT2D eigenvalue weighted by molar-refractivity contribution is 14.1. The molecule has 0 heterocycles. The average molecular weight is 630 g/mol. The van der Waals surface area contributed by atoms with Crippen molar-refractivity contribution in [2.75, 3.05) is 23.8 Å². The maximum atomic E-state index is 12.7. The van der Waals surface area contributed by atoms with Gasteiger partial charge < -0.3 is 20.1 Å². The molecule has 2 amide bonds. The molecule has 0 aliphatic rings. The second-order valence-electron chi connectivity index (χ2n) is 7.95. The maximum Gasteiger partial charge on any atom is 0.266 e. The van der Waals surface area contributed by atoms with E-state index < -0.39 is 5.91 Å². The largest absolute Gasteiger partial charge is 0.490 e. The van der Waals surface area contributed by atoms with Gasteiger partial charge in [-0.3, -0.25) is 9.59 Å². The van der Waals surface area contributed by atoms with E-state index in [-0.39, 0.29) is 18.1 Å². The van der Waals surface area contributed by atoms with Crippen LogP contribution in [0.25, 0.3) is 6.08 Å². The fourth-order valence-electron chi connectivity index (χ4n) is 3.35. The summed E-state index contributed by atoms with van der Waals surface area (Å²) in [4.78, 5) is 25.2. The molecule has 2 N–H and O–H groups in total. The van der Waals surface area contributed by atoms with Crippen molar-refractivity contribution in [3.63, 3.8) is 0 Å². The van der Waals surface area contributed by atoms with Crippen molar-refractivity contribution >= 4 is 63.5 Å². The first kappa shape index (κ1) is 28.0. The van der Waals surface area contributed by atoms with Crippen molar-refractivity contribution < 1.29 is 19.1 Å². The third kappa shape index (κ3) is 7.47. The number of aryl methyl sites for hydroxylation is 1. The number of nitrogens with zero attached hydrogens (tertiary/aromatic N) is 1. The third-order valence-electron chi connectivity index (χ3n) is 5.36. The Balaban J connectivity index is 1.79. The summed E-state index contributed by atoms with van der Waals surface area (Å²) < 4.78 is 12.2. The van der Waals surface area contributed by atoms with Crippen molar-refractivity contribution in [3.05, 3.63) is 85.5 Å². The molecule has 0 bridgehead atoms. The minimum atomic E-state index is -0.591. The van der Waals surface area contributed by atoms with E-state index in [4.69, 9.17) is 21.1 Å². The van der Waals surface area contributed by atoms with Gasteiger partial charge in [0, 0.05) is 5.69 Å². The number of carbonyl (C=O) groups excluding carboxylic acids is 2. The lowest BCUT2D eigenvalue weighted by atomic mass is 10.1. The van der Waals surface area contributed by atoms with E-state index in [9.17, 15) is 14.9 Å². The lowest BCUT2D eigenvalue weighted by Gasteiger charge is -2.15. The Kier molecular flexibility index (Phi) is 9.94. The van der Waals surface area contributed by atoms with Crippen LogP contribution in [0.2, 0.25) is 5.02 Å². The highest BCUT2D eigenvalue weighted by atomic mass is 127. The van der Waals surface area contributed by atoms with E-state index in [2.05, 4.69) is 33.2 Å². The van der Waals surface area contributed by atoms with E-state index in [0.717, 1.165) is 16.8 Å². The van der Waals surface area contributed by atoms with Crippen molar-refractivity contribution in [1.82, 2.24) is 0 Å². The number of hydrogen-bond donors (Lipinski definition) is 2. The third-order valence-corrected chi connectivity index (χ3v) is 6.49. The van der Waals surface area contributed by atoms with Crippen LogP contribution in [0.3, 0.4) is 0 Å². The molecule has 0 spiro atoms. The highest BCUT2D eigenvalue weighted by Crippen LogP contribution is 2.35. The van der Waals surface area contributed by atoms with E-state index >= 15 is 0 Å². The molecule has 0 aromatic heterocycles. The first-order valence-electron chi connectivity index (χ1n) is 11.4. The quantitative estimate of drug-likeness (QED) is 0.159. The molecule has 3 aromatic carbocycles. The summed E-state index contributed by atoms with van der Waals surface area (Å²) in [6.07, 6.45) is 1.45. The number of benzene rings is 3. The SMILES string of the molecule is CCOc1cc(/C=C(\C#N)C(=O)Nc2ccccc2Cl)cc(I)c1OCC(=O)Nc1cccc(C)c1C. The minimum Gasteiger partial charge on any atom is -0.490 e. The molecule has 0 aliphatic carbocycles. The van der Waals surface area contributed by atoms with Crippen LogP contribution < -0.4 is 20.1 Å². The monoisotopic (exact) mass is 629 g/mol. The minimum absolute atomic E-state index is 0.111. The van der Waals surface area contributed by atoms with Crippen molar-refractivity contribution in [2.24, 2.45) is 0 Å². The smallest absolute Gasteiger partial charge is 0.266 e. The molecule has 3 rings (SSSR count). The van der Waals surface area contributed by atoms with Crippen LogP contribution in [0.15, 0.2) is 60.2 Å². The van der Waals surface area contributed by atoms with E-state index in [1.165, 1.54) is 6.08 Å². The molecular weight excluding hydrogens is 605 g/mol. The van der Waals surface area contributed by atoms with Crippen molar-refractivity contribution in [1.29, 1.82) is 5.26 Å². The molecule has 190 valence electrons. The van der Waals surface area contributed by atoms with E-state index in [1.54, 1.807) is 36.4 Å². The van der Waals surface area contributed by atoms with Crippen LogP contribution in [0.5, 0.6) is 11.5 Å². The number of rotatable bonds is 9. The molecule has 9 heteroatoms. The predicted molar refractivity (Wildman–Crippen MR) is 154 cm³/mol. The Morgan fingerprint density at radius 3 is 2.49 bits per heavy atom. The number of nitriles is 1. The van der Waals surface area contributed by atoms with Gasteiger partial charge >= 0.3 is 0 Å². The molecule has 0 radical (unpaired) electrons. The summed E-state index contributed by atoms with van der Waals surface area (Å²) in [5.74, 6) is -0.107. The normalized spacial score (nSPS) is 10.9. The summed E-state index contributed by atoms with van der Waals surface area (Å²) >= 11 is 8.17. The number of ether oxygens (including phenoxy) is 2. The Hall–Kier alpha value is -3.55. The van der Waals surface area contributed by atoms with Gasteiger partial charge in [0.2, 0.25) is 0 Å². The Bertz CT molecular complexity index is 1400. The number of para-hydroxylation sites is 1. The second kappa shape index (κ2) is 13.1. The summed E-state index contributed by atoms with van der Waals surface area (Å²) in [6, 6.07) is 17.8.